The van der Waals surface area contributed by atoms with Crippen LogP contribution in [0, 0.1) is 5.92 Å². The zero-order valence-electron chi connectivity index (χ0n) is 26.3. The number of carbonyl (C=O) groups is 3. The summed E-state index contributed by atoms with van der Waals surface area (Å²) in [6.45, 7) is 8.43. The molecule has 238 valence electrons. The second-order valence-corrected chi connectivity index (χ2v) is 14.8. The third-order valence-electron chi connectivity index (χ3n) is 8.34. The molecule has 2 atom stereocenters. The Labute approximate surface area is 264 Å². The van der Waals surface area contributed by atoms with Crippen LogP contribution in [0.1, 0.15) is 65.5 Å². The van der Waals surface area contributed by atoms with Gasteiger partial charge in [-0.25, -0.2) is 13.2 Å². The van der Waals surface area contributed by atoms with Crippen LogP contribution in [-0.2, 0) is 15.3 Å². The van der Waals surface area contributed by atoms with Gasteiger partial charge in [-0.2, -0.15) is 0 Å². The Balaban J connectivity index is 0.000000233. The molecule has 10 nitrogen and oxygen atoms in total. The van der Waals surface area contributed by atoms with E-state index < -0.39 is 28.5 Å². The van der Waals surface area contributed by atoms with Crippen molar-refractivity contribution < 1.29 is 38.0 Å². The van der Waals surface area contributed by atoms with Crippen molar-refractivity contribution in [3.05, 3.63) is 82.9 Å². The number of fused-ring (bicyclic) bond motifs is 3. The molecule has 2 aliphatic heterocycles. The molecule has 0 spiro atoms. The molecular weight excluding hydrogens is 595 g/mol. The summed E-state index contributed by atoms with van der Waals surface area (Å²) in [5.74, 6) is 0.0571. The second kappa shape index (κ2) is 12.8. The van der Waals surface area contributed by atoms with Gasteiger partial charge in [0.15, 0.2) is 15.6 Å². The molecule has 45 heavy (non-hydrogen) atoms. The Morgan fingerprint density at radius 2 is 1.58 bits per heavy atom. The first-order valence-corrected chi connectivity index (χ1v) is 16.5. The van der Waals surface area contributed by atoms with E-state index in [2.05, 4.69) is 0 Å². The van der Waals surface area contributed by atoms with Gasteiger partial charge in [0.2, 0.25) is 0 Å². The first-order chi connectivity index (χ1) is 20.9. The smallest absolute Gasteiger partial charge is 0.465 e. The molecule has 2 heterocycles. The maximum absolute atomic E-state index is 13.0. The van der Waals surface area contributed by atoms with E-state index in [0.29, 0.717) is 36.3 Å². The third kappa shape index (κ3) is 7.29. The van der Waals surface area contributed by atoms with Gasteiger partial charge in [0.1, 0.15) is 0 Å². The predicted octanol–water partition coefficient (Wildman–Crippen LogP) is 3.40. The molecule has 5 rings (SSSR count). The Kier molecular flexibility index (Phi) is 9.63. The summed E-state index contributed by atoms with van der Waals surface area (Å²) < 4.78 is 23.4. The van der Waals surface area contributed by atoms with Crippen molar-refractivity contribution in [2.45, 2.75) is 43.9 Å². The van der Waals surface area contributed by atoms with E-state index in [-0.39, 0.29) is 33.9 Å². The van der Waals surface area contributed by atoms with E-state index in [4.69, 9.17) is 0 Å². The lowest BCUT2D eigenvalue weighted by atomic mass is 9.70. The van der Waals surface area contributed by atoms with E-state index in [0.717, 1.165) is 22.9 Å². The minimum Gasteiger partial charge on any atom is -0.465 e. The van der Waals surface area contributed by atoms with E-state index in [9.17, 15) is 38.0 Å². The van der Waals surface area contributed by atoms with Crippen LogP contribution in [0.4, 0.5) is 4.79 Å². The number of carbonyl (C=O) groups excluding carboxylic acids is 2. The van der Waals surface area contributed by atoms with Crippen LogP contribution in [0.5, 0.6) is 0 Å². The van der Waals surface area contributed by atoms with Crippen molar-refractivity contribution in [2.75, 3.05) is 32.9 Å². The first-order valence-electron chi connectivity index (χ1n) is 14.6. The van der Waals surface area contributed by atoms with E-state index in [1.54, 1.807) is 18.0 Å². The SMILES string of the molecule is CC(=O)c1cccc(-c2ccc3c(c2)C(=O)N(C)C[C@@H]2CN(C(=O)O)C[C@@H]32)c1.CC(C)(C)c1c(B(O)O)cccc1S(C)(=O)=O. The summed E-state index contributed by atoms with van der Waals surface area (Å²) in [7, 11) is -3.31. The molecular formula is C33H39BN2O8S. The van der Waals surface area contributed by atoms with Gasteiger partial charge in [-0.05, 0) is 58.3 Å². The van der Waals surface area contributed by atoms with Gasteiger partial charge < -0.3 is 25.0 Å². The quantitative estimate of drug-likeness (QED) is 0.292. The maximum atomic E-state index is 13.0. The number of amides is 2. The van der Waals surface area contributed by atoms with Crippen LogP contribution in [0.3, 0.4) is 0 Å². The molecule has 2 aliphatic rings. The molecule has 0 unspecified atom stereocenters. The number of benzene rings is 3. The van der Waals surface area contributed by atoms with Gasteiger partial charge in [-0.15, -0.1) is 0 Å². The highest BCUT2D eigenvalue weighted by Crippen LogP contribution is 2.39. The standard InChI is InChI=1S/C22H22N2O4.C11H17BO4S/c1-13(25)14-4-3-5-15(8-14)16-6-7-18-19(9-16)21(26)23(2)10-17-11-24(22(27)28)12-20(17)18;1-11(2,3)10-8(12(13)14)6-5-7-9(10)17(4,15)16/h3-9,17,20H,10-12H2,1-2H3,(H,27,28);5-7,13-14H,1-4H3/t17-,20-;/m1./s1. The number of hydrogen-bond acceptors (Lipinski definition) is 7. The van der Waals surface area contributed by atoms with Crippen LogP contribution in [0.15, 0.2) is 65.6 Å². The number of hydrogen-bond donors (Lipinski definition) is 3. The van der Waals surface area contributed by atoms with Gasteiger partial charge in [0.05, 0.1) is 4.90 Å². The van der Waals surface area contributed by atoms with Crippen LogP contribution in [0.25, 0.3) is 11.1 Å². The van der Waals surface area contributed by atoms with Crippen molar-refractivity contribution >= 4 is 40.2 Å². The zero-order valence-corrected chi connectivity index (χ0v) is 27.1. The fraction of sp³-hybridized carbons (Fsp3) is 0.364. The summed E-state index contributed by atoms with van der Waals surface area (Å²) in [6.07, 6.45) is 0.201. The summed E-state index contributed by atoms with van der Waals surface area (Å²) in [5, 5.41) is 28.0. The Morgan fingerprint density at radius 1 is 0.933 bits per heavy atom. The molecule has 1 fully saturated rings. The molecule has 12 heteroatoms. The zero-order chi connectivity index (χ0) is 33.4. The molecule has 0 radical (unpaired) electrons. The highest BCUT2D eigenvalue weighted by atomic mass is 32.2. The van der Waals surface area contributed by atoms with Gasteiger partial charge >= 0.3 is 13.2 Å². The minimum atomic E-state index is -3.39. The number of rotatable bonds is 4. The maximum Gasteiger partial charge on any atom is 0.488 e. The van der Waals surface area contributed by atoms with Crippen LogP contribution in [0.2, 0.25) is 0 Å². The average Bonchev–Trinajstić information content (AvgIpc) is 3.35. The van der Waals surface area contributed by atoms with Crippen molar-refractivity contribution in [1.82, 2.24) is 9.80 Å². The Hall–Kier alpha value is -4.00. The molecule has 1 saturated heterocycles. The largest absolute Gasteiger partial charge is 0.488 e. The lowest BCUT2D eigenvalue weighted by molar-refractivity contribution is 0.0781. The normalized spacial score (nSPS) is 17.9. The number of carboxylic acid groups (broad SMARTS) is 1. The van der Waals surface area contributed by atoms with Crippen molar-refractivity contribution in [3.8, 4) is 11.1 Å². The van der Waals surface area contributed by atoms with Gasteiger partial charge in [-0.1, -0.05) is 63.2 Å². The average molecular weight is 635 g/mol. The highest BCUT2D eigenvalue weighted by Gasteiger charge is 2.41. The fourth-order valence-electron chi connectivity index (χ4n) is 6.24. The highest BCUT2D eigenvalue weighted by molar-refractivity contribution is 7.90. The monoisotopic (exact) mass is 634 g/mol. The number of likely N-dealkylation sites (tertiary alicyclic amines) is 1. The van der Waals surface area contributed by atoms with Crippen LogP contribution >= 0.6 is 0 Å². The molecule has 2 amide bonds. The topological polar surface area (TPSA) is 153 Å². The lowest BCUT2D eigenvalue weighted by Gasteiger charge is -2.25. The fourth-order valence-corrected chi connectivity index (χ4v) is 7.36. The van der Waals surface area contributed by atoms with E-state index >= 15 is 0 Å². The minimum absolute atomic E-state index is 0.00465. The molecule has 3 N–H and O–H groups in total. The second-order valence-electron chi connectivity index (χ2n) is 12.8. The molecule has 3 aromatic rings. The number of sulfone groups is 1. The van der Waals surface area contributed by atoms with Crippen molar-refractivity contribution in [3.63, 3.8) is 0 Å². The summed E-state index contributed by atoms with van der Waals surface area (Å²) in [5.41, 5.74) is 4.11. The molecule has 3 aromatic carbocycles. The number of nitrogens with zero attached hydrogens (tertiary/aromatic N) is 2. The molecule has 0 bridgehead atoms. The van der Waals surface area contributed by atoms with Crippen molar-refractivity contribution in [2.24, 2.45) is 5.92 Å². The van der Waals surface area contributed by atoms with E-state index in [1.807, 2.05) is 57.2 Å². The van der Waals surface area contributed by atoms with Crippen LogP contribution < -0.4 is 5.46 Å². The molecule has 0 aromatic heterocycles. The van der Waals surface area contributed by atoms with E-state index in [1.165, 1.54) is 30.0 Å². The predicted molar refractivity (Wildman–Crippen MR) is 173 cm³/mol. The van der Waals surface area contributed by atoms with Gasteiger partial charge in [-0.3, -0.25) is 9.59 Å². The summed E-state index contributed by atoms with van der Waals surface area (Å²) in [6, 6.07) is 17.7. The number of Topliss-reactive ketones (excluding diaryl/α,β-unsaturated/α-hetero) is 1. The first kappa shape index (κ1) is 33.9. The van der Waals surface area contributed by atoms with Gasteiger partial charge in [0.25, 0.3) is 5.91 Å². The molecule has 0 saturated carbocycles. The summed E-state index contributed by atoms with van der Waals surface area (Å²) >= 11 is 0. The Bertz CT molecular complexity index is 1750. The van der Waals surface area contributed by atoms with Gasteiger partial charge in [0, 0.05) is 55.9 Å². The van der Waals surface area contributed by atoms with Crippen molar-refractivity contribution in [1.29, 1.82) is 0 Å². The summed E-state index contributed by atoms with van der Waals surface area (Å²) in [4.78, 5) is 39.4. The lowest BCUT2D eigenvalue weighted by Crippen LogP contribution is -2.38. The number of ketones is 1. The third-order valence-corrected chi connectivity index (χ3v) is 9.48. The Morgan fingerprint density at radius 3 is 2.16 bits per heavy atom. The van der Waals surface area contributed by atoms with Crippen LogP contribution in [-0.4, -0.2) is 91.2 Å². The molecule has 0 aliphatic carbocycles.